The van der Waals surface area contributed by atoms with Crippen molar-refractivity contribution < 1.29 is 23.8 Å². The van der Waals surface area contributed by atoms with Crippen molar-refractivity contribution in [2.45, 2.75) is 25.9 Å². The Bertz CT molecular complexity index is 957. The second-order valence-electron chi connectivity index (χ2n) is 6.92. The van der Waals surface area contributed by atoms with Gasteiger partial charge in [0.05, 0.1) is 19.9 Å². The first-order valence-electron chi connectivity index (χ1n) is 9.70. The van der Waals surface area contributed by atoms with E-state index in [1.165, 1.54) is 0 Å². The number of benzene rings is 2. The largest absolute Gasteiger partial charge is 0.493 e. The van der Waals surface area contributed by atoms with Gasteiger partial charge in [0, 0.05) is 18.7 Å². The summed E-state index contributed by atoms with van der Waals surface area (Å²) in [5.74, 6) is 1.62. The van der Waals surface area contributed by atoms with Crippen molar-refractivity contribution in [1.82, 2.24) is 0 Å². The minimum atomic E-state index is -0.556. The number of carbonyl (C=O) groups excluding carboxylic acids is 2. The van der Waals surface area contributed by atoms with Gasteiger partial charge in [0.15, 0.2) is 17.6 Å². The lowest BCUT2D eigenvalue weighted by atomic mass is 10.1. The van der Waals surface area contributed by atoms with Gasteiger partial charge in [0.2, 0.25) is 5.91 Å². The third kappa shape index (κ3) is 4.56. The second-order valence-corrected chi connectivity index (χ2v) is 6.92. The van der Waals surface area contributed by atoms with Gasteiger partial charge in [-0.15, -0.1) is 6.58 Å². The van der Waals surface area contributed by atoms with Crippen LogP contribution in [0.5, 0.6) is 17.2 Å². The van der Waals surface area contributed by atoms with Gasteiger partial charge in [-0.2, -0.15) is 0 Å². The molecule has 2 amide bonds. The summed E-state index contributed by atoms with van der Waals surface area (Å²) in [6, 6.07) is 10.9. The van der Waals surface area contributed by atoms with Crippen molar-refractivity contribution in [3.63, 3.8) is 0 Å². The zero-order chi connectivity index (χ0) is 21.7. The Labute approximate surface area is 176 Å². The molecule has 2 aromatic rings. The molecule has 0 aromatic heterocycles. The van der Waals surface area contributed by atoms with Crippen LogP contribution in [0.4, 0.5) is 11.4 Å². The van der Waals surface area contributed by atoms with E-state index in [9.17, 15) is 9.59 Å². The fraction of sp³-hybridized carbons (Fsp3) is 0.304. The lowest BCUT2D eigenvalue weighted by molar-refractivity contribution is -0.125. The number of nitrogens with one attached hydrogen (secondary N) is 1. The highest BCUT2D eigenvalue weighted by Gasteiger charge is 2.31. The molecule has 7 nitrogen and oxygen atoms in total. The van der Waals surface area contributed by atoms with E-state index in [-0.39, 0.29) is 11.8 Å². The zero-order valence-electron chi connectivity index (χ0n) is 17.4. The van der Waals surface area contributed by atoms with Gasteiger partial charge >= 0.3 is 0 Å². The topological polar surface area (TPSA) is 77.1 Å². The van der Waals surface area contributed by atoms with Crippen molar-refractivity contribution in [2.24, 2.45) is 0 Å². The molecule has 158 valence electrons. The van der Waals surface area contributed by atoms with Gasteiger partial charge in [-0.05, 0) is 49.2 Å². The normalized spacial score (nSPS) is 15.1. The average molecular weight is 410 g/mol. The first-order valence-corrected chi connectivity index (χ1v) is 9.70. The highest BCUT2D eigenvalue weighted by molar-refractivity contribution is 6.01. The second kappa shape index (κ2) is 9.35. The number of methoxy groups -OCH3 is 2. The molecule has 30 heavy (non-hydrogen) atoms. The SMILES string of the molecule is C=CCN1C(=O)C(C)Oc2ccc(NC(=O)CCc3ccc(OC)c(OC)c3)cc21. The maximum absolute atomic E-state index is 12.5. The summed E-state index contributed by atoms with van der Waals surface area (Å²) < 4.78 is 16.2. The molecule has 7 heteroatoms. The molecule has 1 aliphatic rings. The number of carbonyl (C=O) groups is 2. The van der Waals surface area contributed by atoms with E-state index in [4.69, 9.17) is 14.2 Å². The molecular weight excluding hydrogens is 384 g/mol. The summed E-state index contributed by atoms with van der Waals surface area (Å²) in [4.78, 5) is 26.5. The summed E-state index contributed by atoms with van der Waals surface area (Å²) in [6.45, 7) is 5.80. The zero-order valence-corrected chi connectivity index (χ0v) is 17.4. The first-order chi connectivity index (χ1) is 14.5. The van der Waals surface area contributed by atoms with Crippen molar-refractivity contribution in [1.29, 1.82) is 0 Å². The molecule has 2 aromatic carbocycles. The summed E-state index contributed by atoms with van der Waals surface area (Å²) in [6.07, 6.45) is 1.96. The maximum Gasteiger partial charge on any atom is 0.268 e. The molecule has 0 aliphatic carbocycles. The van der Waals surface area contributed by atoms with Crippen LogP contribution in [0.2, 0.25) is 0 Å². The molecule has 0 radical (unpaired) electrons. The van der Waals surface area contributed by atoms with Crippen LogP contribution in [-0.4, -0.2) is 38.7 Å². The third-order valence-electron chi connectivity index (χ3n) is 4.85. The Hall–Kier alpha value is -3.48. The Balaban J connectivity index is 1.67. The van der Waals surface area contributed by atoms with Crippen molar-refractivity contribution >= 4 is 23.2 Å². The van der Waals surface area contributed by atoms with Crippen LogP contribution in [0.3, 0.4) is 0 Å². The van der Waals surface area contributed by atoms with Gasteiger partial charge < -0.3 is 24.4 Å². The number of ether oxygens (including phenoxy) is 3. The van der Waals surface area contributed by atoms with E-state index < -0.39 is 6.10 Å². The molecule has 1 unspecified atom stereocenters. The van der Waals surface area contributed by atoms with Crippen molar-refractivity contribution in [3.8, 4) is 17.2 Å². The number of anilines is 2. The van der Waals surface area contributed by atoms with Crippen LogP contribution in [-0.2, 0) is 16.0 Å². The monoisotopic (exact) mass is 410 g/mol. The molecule has 0 saturated heterocycles. The molecule has 1 aliphatic heterocycles. The van der Waals surface area contributed by atoms with Crippen LogP contribution >= 0.6 is 0 Å². The Morgan fingerprint density at radius 2 is 1.97 bits per heavy atom. The third-order valence-corrected chi connectivity index (χ3v) is 4.85. The number of hydrogen-bond acceptors (Lipinski definition) is 5. The van der Waals surface area contributed by atoms with Gasteiger partial charge in [-0.25, -0.2) is 0 Å². The van der Waals surface area contributed by atoms with Crippen LogP contribution in [0.1, 0.15) is 18.9 Å². The molecule has 0 fully saturated rings. The predicted molar refractivity (Wildman–Crippen MR) is 116 cm³/mol. The lowest BCUT2D eigenvalue weighted by Crippen LogP contribution is -2.44. The standard InChI is InChI=1S/C23H26N2O5/c1-5-12-25-18-14-17(8-10-19(18)30-15(2)23(25)27)24-22(26)11-7-16-6-9-20(28-3)21(13-16)29-4/h5-6,8-10,13-15H,1,7,11-12H2,2-4H3,(H,24,26). The van der Waals surface area contributed by atoms with Gasteiger partial charge in [-0.1, -0.05) is 12.1 Å². The van der Waals surface area contributed by atoms with E-state index in [0.29, 0.717) is 48.0 Å². The summed E-state index contributed by atoms with van der Waals surface area (Å²) in [5, 5.41) is 2.89. The smallest absolute Gasteiger partial charge is 0.268 e. The molecule has 3 rings (SSSR count). The van der Waals surface area contributed by atoms with Gasteiger partial charge in [-0.3, -0.25) is 9.59 Å². The molecule has 0 bridgehead atoms. The van der Waals surface area contributed by atoms with E-state index in [1.54, 1.807) is 50.3 Å². The number of nitrogens with zero attached hydrogens (tertiary/aromatic N) is 1. The molecular formula is C23H26N2O5. The average Bonchev–Trinajstić information content (AvgIpc) is 2.75. The predicted octanol–water partition coefficient (Wildman–Crippen LogP) is 3.58. The van der Waals surface area contributed by atoms with E-state index >= 15 is 0 Å². The number of rotatable bonds is 8. The minimum Gasteiger partial charge on any atom is -0.493 e. The molecule has 0 saturated carbocycles. The minimum absolute atomic E-state index is 0.128. The number of fused-ring (bicyclic) bond motifs is 1. The fourth-order valence-corrected chi connectivity index (χ4v) is 3.32. The molecule has 1 atom stereocenters. The number of amides is 2. The summed E-state index contributed by atoms with van der Waals surface area (Å²) >= 11 is 0. The molecule has 1 N–H and O–H groups in total. The van der Waals surface area contributed by atoms with Crippen LogP contribution in [0.15, 0.2) is 49.1 Å². The maximum atomic E-state index is 12.5. The fourth-order valence-electron chi connectivity index (χ4n) is 3.32. The Morgan fingerprint density at radius 1 is 1.20 bits per heavy atom. The summed E-state index contributed by atoms with van der Waals surface area (Å²) in [5.41, 5.74) is 2.19. The van der Waals surface area contributed by atoms with Gasteiger partial charge in [0.1, 0.15) is 5.75 Å². The quantitative estimate of drug-likeness (QED) is 0.673. The van der Waals surface area contributed by atoms with Crippen LogP contribution in [0, 0.1) is 0 Å². The highest BCUT2D eigenvalue weighted by atomic mass is 16.5. The summed E-state index contributed by atoms with van der Waals surface area (Å²) in [7, 11) is 3.16. The molecule has 1 heterocycles. The van der Waals surface area contributed by atoms with E-state index in [0.717, 1.165) is 5.56 Å². The number of hydrogen-bond donors (Lipinski definition) is 1. The highest BCUT2D eigenvalue weighted by Crippen LogP contribution is 2.36. The van der Waals surface area contributed by atoms with Crippen molar-refractivity contribution in [2.75, 3.05) is 31.0 Å². The lowest BCUT2D eigenvalue weighted by Gasteiger charge is -2.32. The van der Waals surface area contributed by atoms with Crippen LogP contribution < -0.4 is 24.4 Å². The Morgan fingerprint density at radius 3 is 2.67 bits per heavy atom. The molecule has 0 spiro atoms. The Kier molecular flexibility index (Phi) is 6.61. The van der Waals surface area contributed by atoms with E-state index in [1.807, 2.05) is 18.2 Å². The van der Waals surface area contributed by atoms with Gasteiger partial charge in [0.25, 0.3) is 5.91 Å². The first kappa shape index (κ1) is 21.2. The van der Waals surface area contributed by atoms with Crippen molar-refractivity contribution in [3.05, 3.63) is 54.6 Å². The van der Waals surface area contributed by atoms with E-state index in [2.05, 4.69) is 11.9 Å². The van der Waals surface area contributed by atoms with Crippen LogP contribution in [0.25, 0.3) is 0 Å². The number of aryl methyl sites for hydroxylation is 1.